The van der Waals surface area contributed by atoms with E-state index in [9.17, 15) is 0 Å². The fourth-order valence-corrected chi connectivity index (χ4v) is 5.93. The molecule has 0 fully saturated rings. The van der Waals surface area contributed by atoms with Gasteiger partial charge in [0.25, 0.3) is 0 Å². The molecule has 0 aromatic carbocycles. The molecular weight excluding hydrogens is 288 g/mol. The van der Waals surface area contributed by atoms with Crippen molar-refractivity contribution < 1.29 is 0 Å². The van der Waals surface area contributed by atoms with E-state index >= 15 is 0 Å². The molecule has 0 aromatic heterocycles. The third-order valence-electron chi connectivity index (χ3n) is 7.69. The normalized spacial score (nSPS) is 37.7. The Morgan fingerprint density at radius 3 is 1.75 bits per heavy atom. The maximum Gasteiger partial charge on any atom is 0.00483 e. The van der Waals surface area contributed by atoms with Crippen LogP contribution in [0, 0.1) is 29.1 Å². The lowest BCUT2D eigenvalue weighted by Gasteiger charge is -2.43. The lowest BCUT2D eigenvalue weighted by molar-refractivity contribution is 0.183. The van der Waals surface area contributed by atoms with Crippen LogP contribution >= 0.6 is 0 Å². The molecular formula is C24H34. The van der Waals surface area contributed by atoms with Crippen molar-refractivity contribution >= 4 is 0 Å². The van der Waals surface area contributed by atoms with E-state index in [1.54, 1.807) is 22.3 Å². The quantitative estimate of drug-likeness (QED) is 0.524. The molecule has 0 N–H and O–H groups in total. The van der Waals surface area contributed by atoms with Crippen LogP contribution in [0.4, 0.5) is 0 Å². The molecule has 0 spiro atoms. The molecule has 4 rings (SSSR count). The molecule has 4 unspecified atom stereocenters. The van der Waals surface area contributed by atoms with E-state index in [1.807, 2.05) is 0 Å². The smallest absolute Gasteiger partial charge is 0.00483 e. The summed E-state index contributed by atoms with van der Waals surface area (Å²) < 4.78 is 0. The van der Waals surface area contributed by atoms with Crippen molar-refractivity contribution in [3.8, 4) is 0 Å². The highest BCUT2D eigenvalue weighted by Crippen LogP contribution is 2.56. The Balaban J connectivity index is 1.66. The molecule has 0 nitrogen and oxygen atoms in total. The summed E-state index contributed by atoms with van der Waals surface area (Å²) in [5.74, 6) is 3.10. The van der Waals surface area contributed by atoms with Gasteiger partial charge in [0.1, 0.15) is 0 Å². The first-order valence-electron chi connectivity index (χ1n) is 10.3. The molecule has 0 aliphatic heterocycles. The Labute approximate surface area is 148 Å². The Kier molecular flexibility index (Phi) is 4.14. The second-order valence-electron chi connectivity index (χ2n) is 9.33. The van der Waals surface area contributed by atoms with E-state index in [-0.39, 0.29) is 0 Å². The minimum absolute atomic E-state index is 0.363. The average Bonchev–Trinajstić information content (AvgIpc) is 3.17. The van der Waals surface area contributed by atoms with Crippen LogP contribution in [-0.2, 0) is 0 Å². The van der Waals surface area contributed by atoms with Crippen molar-refractivity contribution in [2.75, 3.05) is 0 Å². The van der Waals surface area contributed by atoms with Gasteiger partial charge in [0.2, 0.25) is 0 Å². The van der Waals surface area contributed by atoms with Crippen molar-refractivity contribution in [1.29, 1.82) is 0 Å². The molecule has 0 saturated carbocycles. The second kappa shape index (κ2) is 6.04. The van der Waals surface area contributed by atoms with Crippen molar-refractivity contribution in [3.63, 3.8) is 0 Å². The highest BCUT2D eigenvalue weighted by atomic mass is 14.5. The van der Waals surface area contributed by atoms with Crippen LogP contribution in [0.1, 0.15) is 72.6 Å². The van der Waals surface area contributed by atoms with Gasteiger partial charge in [-0.2, -0.15) is 0 Å². The molecule has 130 valence electrons. The van der Waals surface area contributed by atoms with Gasteiger partial charge in [-0.25, -0.2) is 0 Å². The van der Waals surface area contributed by atoms with Gasteiger partial charge in [-0.3, -0.25) is 0 Å². The summed E-state index contributed by atoms with van der Waals surface area (Å²) in [6, 6.07) is 0. The molecule has 0 heteroatoms. The largest absolute Gasteiger partial charge is 0.0765 e. The van der Waals surface area contributed by atoms with Crippen molar-refractivity contribution in [2.24, 2.45) is 29.1 Å². The summed E-state index contributed by atoms with van der Waals surface area (Å²) >= 11 is 0. The molecule has 0 amide bonds. The first-order valence-corrected chi connectivity index (χ1v) is 10.3. The highest BCUT2D eigenvalue weighted by Gasteiger charge is 2.45. The zero-order valence-electron chi connectivity index (χ0n) is 16.1. The van der Waals surface area contributed by atoms with Crippen LogP contribution in [0.25, 0.3) is 0 Å². The average molecular weight is 323 g/mol. The fourth-order valence-electron chi connectivity index (χ4n) is 5.93. The number of rotatable bonds is 3. The lowest BCUT2D eigenvalue weighted by Crippen LogP contribution is -2.35. The maximum absolute atomic E-state index is 2.58. The maximum atomic E-state index is 2.58. The molecule has 0 saturated heterocycles. The molecule has 0 aromatic rings. The molecule has 0 bridgehead atoms. The van der Waals surface area contributed by atoms with Crippen molar-refractivity contribution in [3.05, 3.63) is 46.6 Å². The molecule has 4 atom stereocenters. The van der Waals surface area contributed by atoms with Gasteiger partial charge >= 0.3 is 0 Å². The summed E-state index contributed by atoms with van der Waals surface area (Å²) in [6.07, 6.45) is 19.5. The van der Waals surface area contributed by atoms with Crippen molar-refractivity contribution in [1.82, 2.24) is 0 Å². The Hall–Kier alpha value is -1.04. The predicted molar refractivity (Wildman–Crippen MR) is 104 cm³/mol. The van der Waals surface area contributed by atoms with Gasteiger partial charge < -0.3 is 0 Å². The van der Waals surface area contributed by atoms with E-state index < -0.39 is 0 Å². The summed E-state index contributed by atoms with van der Waals surface area (Å²) in [7, 11) is 0. The minimum Gasteiger partial charge on any atom is -0.0765 e. The Morgan fingerprint density at radius 1 is 0.875 bits per heavy atom. The van der Waals surface area contributed by atoms with Crippen LogP contribution in [0.3, 0.4) is 0 Å². The first-order chi connectivity index (χ1) is 11.5. The van der Waals surface area contributed by atoms with Crippen LogP contribution < -0.4 is 0 Å². The number of hydrogen-bond donors (Lipinski definition) is 0. The van der Waals surface area contributed by atoms with Crippen LogP contribution in [0.15, 0.2) is 46.6 Å². The predicted octanol–water partition coefficient (Wildman–Crippen LogP) is 7.01. The van der Waals surface area contributed by atoms with Crippen LogP contribution in [0.5, 0.6) is 0 Å². The summed E-state index contributed by atoms with van der Waals surface area (Å²) in [5, 5.41) is 0. The van der Waals surface area contributed by atoms with Gasteiger partial charge in [-0.1, -0.05) is 63.1 Å². The summed E-state index contributed by atoms with van der Waals surface area (Å²) in [4.78, 5) is 0. The van der Waals surface area contributed by atoms with Gasteiger partial charge in [0.15, 0.2) is 0 Å². The zero-order chi connectivity index (χ0) is 16.9. The minimum atomic E-state index is 0.363. The Bertz CT molecular complexity index is 587. The third kappa shape index (κ3) is 2.49. The van der Waals surface area contributed by atoms with Crippen LogP contribution in [-0.4, -0.2) is 0 Å². The molecule has 4 aliphatic carbocycles. The second-order valence-corrected chi connectivity index (χ2v) is 9.33. The van der Waals surface area contributed by atoms with E-state index in [1.165, 1.54) is 44.9 Å². The van der Waals surface area contributed by atoms with Gasteiger partial charge in [-0.05, 0) is 73.3 Å². The topological polar surface area (TPSA) is 0 Å². The lowest BCUT2D eigenvalue weighted by atomic mass is 9.60. The number of hydrogen-bond acceptors (Lipinski definition) is 0. The van der Waals surface area contributed by atoms with Crippen LogP contribution in [0.2, 0.25) is 0 Å². The Morgan fingerprint density at radius 2 is 1.33 bits per heavy atom. The third-order valence-corrected chi connectivity index (χ3v) is 7.69. The summed E-state index contributed by atoms with van der Waals surface area (Å²) in [6.45, 7) is 9.85. The van der Waals surface area contributed by atoms with Gasteiger partial charge in [0, 0.05) is 11.8 Å². The first kappa shape index (κ1) is 16.4. The van der Waals surface area contributed by atoms with E-state index in [0.29, 0.717) is 17.3 Å². The highest BCUT2D eigenvalue weighted by molar-refractivity contribution is 5.45. The van der Waals surface area contributed by atoms with E-state index in [4.69, 9.17) is 0 Å². The fraction of sp³-hybridized carbons (Fsp3) is 0.667. The molecule has 24 heavy (non-hydrogen) atoms. The molecule has 4 aliphatic rings. The van der Waals surface area contributed by atoms with Crippen molar-refractivity contribution in [2.45, 2.75) is 72.6 Å². The monoisotopic (exact) mass is 322 g/mol. The SMILES string of the molecule is CCC(C)(C1C=CC2=C1CCC(C)C2)C1C=CC2=C1CCC(C)C2. The molecule has 0 radical (unpaired) electrons. The standard InChI is InChI=1S/C24H34/c1-5-24(4,22-12-8-18-14-16(2)6-10-20(18)22)23-13-9-19-15-17(3)7-11-21(19)23/h8-9,12-13,16-17,22-23H,5-7,10-11,14-15H2,1-4H3. The van der Waals surface area contributed by atoms with Gasteiger partial charge in [0.05, 0.1) is 0 Å². The summed E-state index contributed by atoms with van der Waals surface area (Å²) in [5.41, 5.74) is 7.33. The van der Waals surface area contributed by atoms with E-state index in [0.717, 1.165) is 11.8 Å². The zero-order valence-corrected chi connectivity index (χ0v) is 16.1. The van der Waals surface area contributed by atoms with Gasteiger partial charge in [-0.15, -0.1) is 0 Å². The molecule has 0 heterocycles. The van der Waals surface area contributed by atoms with E-state index in [2.05, 4.69) is 52.0 Å². The number of allylic oxidation sites excluding steroid dienone is 8.